The van der Waals surface area contributed by atoms with Crippen LogP contribution in [0.3, 0.4) is 0 Å². The van der Waals surface area contributed by atoms with E-state index in [-0.39, 0.29) is 12.0 Å². The minimum Gasteiger partial charge on any atom is -0.481 e. The first-order valence-corrected chi connectivity index (χ1v) is 10.9. The van der Waals surface area contributed by atoms with Crippen molar-refractivity contribution in [1.29, 1.82) is 0 Å². The summed E-state index contributed by atoms with van der Waals surface area (Å²) >= 11 is 0. The van der Waals surface area contributed by atoms with Crippen molar-refractivity contribution >= 4 is 23.1 Å². The van der Waals surface area contributed by atoms with Crippen LogP contribution in [0.1, 0.15) is 75.4 Å². The number of hydrogen-bond donors (Lipinski definition) is 2. The second kappa shape index (κ2) is 8.04. The lowest BCUT2D eigenvalue weighted by Gasteiger charge is -2.26. The van der Waals surface area contributed by atoms with Crippen LogP contribution >= 0.6 is 0 Å². The Morgan fingerprint density at radius 3 is 2.60 bits per heavy atom. The monoisotopic (exact) mass is 409 g/mol. The van der Waals surface area contributed by atoms with Crippen molar-refractivity contribution < 1.29 is 9.90 Å². The van der Waals surface area contributed by atoms with Crippen molar-refractivity contribution in [2.45, 2.75) is 69.7 Å². The number of nitrogens with zero attached hydrogens (tertiary/aromatic N) is 6. The number of rotatable bonds is 5. The van der Waals surface area contributed by atoms with Crippen LogP contribution < -0.4 is 5.32 Å². The maximum atomic E-state index is 11.2. The van der Waals surface area contributed by atoms with Gasteiger partial charge >= 0.3 is 5.97 Å². The fourth-order valence-corrected chi connectivity index (χ4v) is 4.85. The van der Waals surface area contributed by atoms with Gasteiger partial charge in [0, 0.05) is 12.1 Å². The zero-order valence-electron chi connectivity index (χ0n) is 16.9. The molecule has 30 heavy (non-hydrogen) atoms. The molecular formula is C21H27N7O2. The average Bonchev–Trinajstić information content (AvgIpc) is 3.44. The summed E-state index contributed by atoms with van der Waals surface area (Å²) in [4.78, 5) is 20.5. The molecule has 9 nitrogen and oxygen atoms in total. The fourth-order valence-electron chi connectivity index (χ4n) is 4.85. The van der Waals surface area contributed by atoms with Crippen LogP contribution in [0.25, 0.3) is 5.65 Å². The number of carboxylic acids is 1. The number of anilines is 2. The van der Waals surface area contributed by atoms with Crippen LogP contribution in [-0.4, -0.2) is 40.4 Å². The molecule has 0 atom stereocenters. The van der Waals surface area contributed by atoms with E-state index in [1.54, 1.807) is 17.0 Å². The van der Waals surface area contributed by atoms with Gasteiger partial charge in [0.05, 0.1) is 35.7 Å². The Bertz CT molecular complexity index is 1030. The second-order valence-corrected chi connectivity index (χ2v) is 8.56. The highest BCUT2D eigenvalue weighted by Gasteiger charge is 2.27. The van der Waals surface area contributed by atoms with E-state index in [0.29, 0.717) is 30.2 Å². The summed E-state index contributed by atoms with van der Waals surface area (Å²) in [6, 6.07) is 0.241. The third-order valence-electron chi connectivity index (χ3n) is 6.59. The second-order valence-electron chi connectivity index (χ2n) is 8.56. The molecule has 0 bridgehead atoms. The molecule has 2 fully saturated rings. The van der Waals surface area contributed by atoms with Gasteiger partial charge in [-0.3, -0.25) is 9.48 Å². The Morgan fingerprint density at radius 1 is 1.03 bits per heavy atom. The molecule has 0 spiro atoms. The van der Waals surface area contributed by atoms with E-state index in [1.165, 1.54) is 32.1 Å². The summed E-state index contributed by atoms with van der Waals surface area (Å²) < 4.78 is 3.75. The highest BCUT2D eigenvalue weighted by atomic mass is 16.4. The molecule has 0 aliphatic heterocycles. The van der Waals surface area contributed by atoms with E-state index in [2.05, 4.69) is 20.5 Å². The van der Waals surface area contributed by atoms with Crippen LogP contribution in [0, 0.1) is 5.92 Å². The molecule has 0 aromatic carbocycles. The lowest BCUT2D eigenvalue weighted by Crippen LogP contribution is -2.23. The third kappa shape index (κ3) is 3.76. The summed E-state index contributed by atoms with van der Waals surface area (Å²) in [5, 5.41) is 21.4. The molecule has 158 valence electrons. The van der Waals surface area contributed by atoms with E-state index >= 15 is 0 Å². The van der Waals surface area contributed by atoms with E-state index in [4.69, 9.17) is 4.98 Å². The van der Waals surface area contributed by atoms with Gasteiger partial charge in [-0.2, -0.15) is 10.2 Å². The molecule has 2 saturated carbocycles. The van der Waals surface area contributed by atoms with Crippen molar-refractivity contribution in [2.75, 3.05) is 5.32 Å². The van der Waals surface area contributed by atoms with Crippen LogP contribution in [0.4, 0.5) is 11.5 Å². The molecule has 3 aromatic heterocycles. The van der Waals surface area contributed by atoms with Gasteiger partial charge in [0.1, 0.15) is 6.33 Å². The first kappa shape index (κ1) is 19.0. The lowest BCUT2D eigenvalue weighted by molar-refractivity contribution is -0.143. The van der Waals surface area contributed by atoms with Gasteiger partial charge in [0.15, 0.2) is 11.5 Å². The summed E-state index contributed by atoms with van der Waals surface area (Å²) in [6.45, 7) is 0. The maximum absolute atomic E-state index is 11.2. The SMILES string of the molecule is O=C(O)C1CCC(n2cc(Nc3nc(C4CCCCC4)cn4ncnc34)cn2)CC1. The Hall–Kier alpha value is -2.97. The quantitative estimate of drug-likeness (QED) is 0.657. The standard InChI is InChI=1S/C21H27N7O2/c29-21(30)15-6-8-17(9-7-15)27-11-16(10-23-27)25-19-20-22-13-24-28(20)12-18(26-19)14-4-2-1-3-5-14/h10-15,17H,1-9H2,(H,25,26)(H,29,30). The highest BCUT2D eigenvalue weighted by Crippen LogP contribution is 2.34. The number of carboxylic acid groups (broad SMARTS) is 1. The molecule has 2 aliphatic carbocycles. The summed E-state index contributed by atoms with van der Waals surface area (Å²) in [7, 11) is 0. The molecule has 9 heteroatoms. The van der Waals surface area contributed by atoms with Crippen LogP contribution in [0.2, 0.25) is 0 Å². The molecule has 2 N–H and O–H groups in total. The number of nitrogens with one attached hydrogen (secondary N) is 1. The van der Waals surface area contributed by atoms with E-state index < -0.39 is 5.97 Å². The Balaban J connectivity index is 1.35. The van der Waals surface area contributed by atoms with Crippen molar-refractivity contribution in [3.63, 3.8) is 0 Å². The molecule has 5 rings (SSSR count). The largest absolute Gasteiger partial charge is 0.481 e. The fraction of sp³-hybridized carbons (Fsp3) is 0.571. The number of fused-ring (bicyclic) bond motifs is 1. The molecule has 3 aromatic rings. The minimum atomic E-state index is -0.683. The van der Waals surface area contributed by atoms with Crippen LogP contribution in [0.5, 0.6) is 0 Å². The Morgan fingerprint density at radius 2 is 1.83 bits per heavy atom. The van der Waals surface area contributed by atoms with Gasteiger partial charge in [0.25, 0.3) is 0 Å². The van der Waals surface area contributed by atoms with E-state index in [9.17, 15) is 9.90 Å². The first-order chi connectivity index (χ1) is 14.7. The topological polar surface area (TPSA) is 110 Å². The lowest BCUT2D eigenvalue weighted by atomic mass is 9.86. The summed E-state index contributed by atoms with van der Waals surface area (Å²) in [5.74, 6) is 0.268. The van der Waals surface area contributed by atoms with Gasteiger partial charge in [-0.15, -0.1) is 0 Å². The van der Waals surface area contributed by atoms with Gasteiger partial charge in [-0.1, -0.05) is 19.3 Å². The zero-order chi connectivity index (χ0) is 20.5. The predicted octanol–water partition coefficient (Wildman–Crippen LogP) is 3.93. The van der Waals surface area contributed by atoms with Crippen molar-refractivity contribution in [3.8, 4) is 0 Å². The molecule has 3 heterocycles. The maximum Gasteiger partial charge on any atom is 0.306 e. The van der Waals surface area contributed by atoms with Gasteiger partial charge in [0.2, 0.25) is 0 Å². The summed E-state index contributed by atoms with van der Waals surface area (Å²) in [5.41, 5.74) is 2.62. The van der Waals surface area contributed by atoms with Crippen LogP contribution in [0.15, 0.2) is 24.9 Å². The van der Waals surface area contributed by atoms with Crippen molar-refractivity contribution in [3.05, 3.63) is 30.6 Å². The minimum absolute atomic E-state index is 0.220. The molecule has 0 amide bonds. The summed E-state index contributed by atoms with van der Waals surface area (Å²) in [6.07, 6.45) is 16.6. The Labute approximate surface area is 174 Å². The van der Waals surface area contributed by atoms with E-state index in [1.807, 2.05) is 17.1 Å². The Kier molecular flexibility index (Phi) is 5.10. The van der Waals surface area contributed by atoms with Gasteiger partial charge < -0.3 is 10.4 Å². The van der Waals surface area contributed by atoms with E-state index in [0.717, 1.165) is 24.2 Å². The van der Waals surface area contributed by atoms with Crippen molar-refractivity contribution in [2.24, 2.45) is 5.92 Å². The third-order valence-corrected chi connectivity index (χ3v) is 6.59. The van der Waals surface area contributed by atoms with Gasteiger partial charge in [-0.25, -0.2) is 14.5 Å². The average molecular weight is 409 g/mol. The van der Waals surface area contributed by atoms with Crippen LogP contribution in [-0.2, 0) is 4.79 Å². The molecule has 0 radical (unpaired) electrons. The predicted molar refractivity (Wildman–Crippen MR) is 111 cm³/mol. The zero-order valence-corrected chi connectivity index (χ0v) is 16.9. The molecule has 0 unspecified atom stereocenters. The molecule has 2 aliphatic rings. The normalized spacial score (nSPS) is 22.9. The van der Waals surface area contributed by atoms with Gasteiger partial charge in [-0.05, 0) is 38.5 Å². The van der Waals surface area contributed by atoms with Crippen molar-refractivity contribution in [1.82, 2.24) is 29.4 Å². The molecular weight excluding hydrogens is 382 g/mol. The molecule has 0 saturated heterocycles. The number of aromatic nitrogens is 6. The number of hydrogen-bond acceptors (Lipinski definition) is 6. The highest BCUT2D eigenvalue weighted by molar-refractivity contribution is 5.70. The number of aliphatic carboxylic acids is 1. The first-order valence-electron chi connectivity index (χ1n) is 10.9. The smallest absolute Gasteiger partial charge is 0.306 e. The number of carbonyl (C=O) groups is 1.